The van der Waals surface area contributed by atoms with Gasteiger partial charge in [0.25, 0.3) is 0 Å². The molecule has 0 saturated carbocycles. The van der Waals surface area contributed by atoms with Gasteiger partial charge in [0, 0.05) is 19.0 Å². The summed E-state index contributed by atoms with van der Waals surface area (Å²) in [5, 5.41) is 1.12. The van der Waals surface area contributed by atoms with E-state index in [0.717, 1.165) is 10.5 Å². The Kier molecular flexibility index (Phi) is 3.17. The van der Waals surface area contributed by atoms with Gasteiger partial charge in [-0.3, -0.25) is 0 Å². The molecule has 106 valence electrons. The number of amides is 1. The smallest absolute Gasteiger partial charge is 0.410 e. The summed E-state index contributed by atoms with van der Waals surface area (Å²) in [5.74, 6) is 0.347. The fourth-order valence-corrected chi connectivity index (χ4v) is 3.22. The van der Waals surface area contributed by atoms with Crippen LogP contribution in [0, 0.1) is 0 Å². The number of benzene rings is 1. The maximum atomic E-state index is 11.9. The molecule has 4 nitrogen and oxygen atoms in total. The minimum atomic E-state index is -0.433. The second-order valence-electron chi connectivity index (χ2n) is 6.10. The van der Waals surface area contributed by atoms with Crippen molar-refractivity contribution in [3.05, 3.63) is 29.3 Å². The van der Waals surface area contributed by atoms with E-state index in [1.165, 1.54) is 4.70 Å². The van der Waals surface area contributed by atoms with Crippen LogP contribution < -0.4 is 0 Å². The van der Waals surface area contributed by atoms with E-state index < -0.39 is 5.60 Å². The highest BCUT2D eigenvalue weighted by molar-refractivity contribution is 7.18. The Morgan fingerprint density at radius 3 is 2.70 bits per heavy atom. The van der Waals surface area contributed by atoms with Crippen LogP contribution in [-0.4, -0.2) is 34.7 Å². The Hall–Kier alpha value is -1.62. The van der Waals surface area contributed by atoms with Gasteiger partial charge in [-0.05, 0) is 32.9 Å². The average molecular weight is 290 g/mol. The summed E-state index contributed by atoms with van der Waals surface area (Å²) >= 11 is 1.72. The third-order valence-electron chi connectivity index (χ3n) is 3.19. The molecule has 0 spiro atoms. The van der Waals surface area contributed by atoms with Crippen LogP contribution in [0.2, 0.25) is 0 Å². The lowest BCUT2D eigenvalue weighted by Gasteiger charge is -2.38. The molecule has 0 N–H and O–H groups in total. The van der Waals surface area contributed by atoms with Crippen molar-refractivity contribution in [1.82, 2.24) is 9.88 Å². The third kappa shape index (κ3) is 2.63. The number of nitrogens with zero attached hydrogens (tertiary/aromatic N) is 2. The monoisotopic (exact) mass is 290 g/mol. The standard InChI is InChI=1S/C15H18N2O2S/c1-15(2,3)19-14(18)17-8-10(9-17)13-16-11-6-4-5-7-12(11)20-13/h4-7,10H,8-9H2,1-3H3. The van der Waals surface area contributed by atoms with Crippen LogP contribution in [0.25, 0.3) is 10.2 Å². The number of carbonyl (C=O) groups excluding carboxylic acids is 1. The van der Waals surface area contributed by atoms with E-state index in [-0.39, 0.29) is 6.09 Å². The first-order valence-electron chi connectivity index (χ1n) is 6.76. The zero-order chi connectivity index (χ0) is 14.3. The van der Waals surface area contributed by atoms with Gasteiger partial charge in [-0.1, -0.05) is 12.1 Å². The predicted molar refractivity (Wildman–Crippen MR) is 80.2 cm³/mol. The van der Waals surface area contributed by atoms with Crippen molar-refractivity contribution in [2.45, 2.75) is 32.3 Å². The molecule has 0 bridgehead atoms. The fraction of sp³-hybridized carbons (Fsp3) is 0.467. The summed E-state index contributed by atoms with van der Waals surface area (Å²) in [6.45, 7) is 7.06. The number of hydrogen-bond donors (Lipinski definition) is 0. The summed E-state index contributed by atoms with van der Waals surface area (Å²) in [6, 6.07) is 8.14. The second-order valence-corrected chi connectivity index (χ2v) is 7.16. The van der Waals surface area contributed by atoms with E-state index in [1.54, 1.807) is 16.2 Å². The van der Waals surface area contributed by atoms with Crippen LogP contribution in [0.1, 0.15) is 31.7 Å². The number of para-hydroxylation sites is 1. The number of likely N-dealkylation sites (tertiary alicyclic amines) is 1. The molecule has 0 atom stereocenters. The minimum Gasteiger partial charge on any atom is -0.444 e. The van der Waals surface area contributed by atoms with Crippen molar-refractivity contribution in [2.24, 2.45) is 0 Å². The van der Waals surface area contributed by atoms with Gasteiger partial charge in [0.2, 0.25) is 0 Å². The van der Waals surface area contributed by atoms with Gasteiger partial charge >= 0.3 is 6.09 Å². The first kappa shape index (κ1) is 13.4. The Morgan fingerprint density at radius 2 is 2.05 bits per heavy atom. The van der Waals surface area contributed by atoms with Crippen LogP contribution >= 0.6 is 11.3 Å². The number of fused-ring (bicyclic) bond motifs is 1. The molecule has 20 heavy (non-hydrogen) atoms. The minimum absolute atomic E-state index is 0.227. The van der Waals surface area contributed by atoms with Crippen LogP contribution in [-0.2, 0) is 4.74 Å². The van der Waals surface area contributed by atoms with Crippen LogP contribution in [0.3, 0.4) is 0 Å². The van der Waals surface area contributed by atoms with Crippen molar-refractivity contribution in [3.8, 4) is 0 Å². The molecular formula is C15H18N2O2S. The lowest BCUT2D eigenvalue weighted by Crippen LogP contribution is -2.50. The number of carbonyl (C=O) groups is 1. The quantitative estimate of drug-likeness (QED) is 0.805. The van der Waals surface area contributed by atoms with Gasteiger partial charge in [-0.25, -0.2) is 9.78 Å². The Labute approximate surface area is 122 Å². The Bertz CT molecular complexity index is 606. The summed E-state index contributed by atoms with van der Waals surface area (Å²) in [4.78, 5) is 18.3. The normalized spacial score (nSPS) is 16.2. The number of thiazole rings is 1. The Balaban J connectivity index is 1.64. The van der Waals surface area contributed by atoms with Gasteiger partial charge in [0.05, 0.1) is 10.2 Å². The second kappa shape index (κ2) is 4.74. The van der Waals surface area contributed by atoms with Crippen molar-refractivity contribution in [2.75, 3.05) is 13.1 Å². The number of rotatable bonds is 1. The summed E-state index contributed by atoms with van der Waals surface area (Å²) in [5.41, 5.74) is 0.612. The largest absolute Gasteiger partial charge is 0.444 e. The maximum absolute atomic E-state index is 11.9. The topological polar surface area (TPSA) is 42.4 Å². The summed E-state index contributed by atoms with van der Waals surface area (Å²) < 4.78 is 6.56. The first-order valence-corrected chi connectivity index (χ1v) is 7.57. The van der Waals surface area contributed by atoms with Gasteiger partial charge in [0.1, 0.15) is 10.6 Å². The highest BCUT2D eigenvalue weighted by Gasteiger charge is 2.36. The zero-order valence-corrected chi connectivity index (χ0v) is 12.7. The lowest BCUT2D eigenvalue weighted by molar-refractivity contribution is 0.00820. The van der Waals surface area contributed by atoms with Crippen LogP contribution in [0.15, 0.2) is 24.3 Å². The highest BCUT2D eigenvalue weighted by atomic mass is 32.1. The SMILES string of the molecule is CC(C)(C)OC(=O)N1CC(c2nc3ccccc3s2)C1. The molecule has 1 aromatic carbocycles. The number of hydrogen-bond acceptors (Lipinski definition) is 4. The molecule has 1 aliphatic heterocycles. The number of aromatic nitrogens is 1. The molecule has 0 unspecified atom stereocenters. The van der Waals surface area contributed by atoms with Crippen molar-refractivity contribution in [3.63, 3.8) is 0 Å². The maximum Gasteiger partial charge on any atom is 0.410 e. The molecule has 3 rings (SSSR count). The van der Waals surface area contributed by atoms with Crippen LogP contribution in [0.5, 0.6) is 0 Å². The average Bonchev–Trinajstić information content (AvgIpc) is 2.67. The van der Waals surface area contributed by atoms with Crippen molar-refractivity contribution < 1.29 is 9.53 Å². The van der Waals surface area contributed by atoms with Gasteiger partial charge in [-0.2, -0.15) is 0 Å². The predicted octanol–water partition coefficient (Wildman–Crippen LogP) is 3.63. The van der Waals surface area contributed by atoms with Gasteiger partial charge in [-0.15, -0.1) is 11.3 Å². The highest BCUT2D eigenvalue weighted by Crippen LogP contribution is 2.33. The van der Waals surface area contributed by atoms with E-state index in [2.05, 4.69) is 11.1 Å². The molecule has 5 heteroatoms. The van der Waals surface area contributed by atoms with E-state index in [1.807, 2.05) is 39.0 Å². The third-order valence-corrected chi connectivity index (χ3v) is 4.39. The molecule has 1 aliphatic rings. The van der Waals surface area contributed by atoms with Gasteiger partial charge in [0.15, 0.2) is 0 Å². The summed E-state index contributed by atoms with van der Waals surface area (Å²) in [6.07, 6.45) is -0.227. The number of ether oxygens (including phenoxy) is 1. The zero-order valence-electron chi connectivity index (χ0n) is 11.9. The van der Waals surface area contributed by atoms with E-state index >= 15 is 0 Å². The lowest BCUT2D eigenvalue weighted by atomic mass is 10.0. The molecule has 2 aromatic rings. The molecule has 1 fully saturated rings. The molecule has 1 saturated heterocycles. The van der Waals surface area contributed by atoms with E-state index in [9.17, 15) is 4.79 Å². The first-order chi connectivity index (χ1) is 9.42. The van der Waals surface area contributed by atoms with E-state index in [4.69, 9.17) is 4.74 Å². The Morgan fingerprint density at radius 1 is 1.35 bits per heavy atom. The molecule has 0 radical (unpaired) electrons. The van der Waals surface area contributed by atoms with Crippen molar-refractivity contribution in [1.29, 1.82) is 0 Å². The van der Waals surface area contributed by atoms with Gasteiger partial charge < -0.3 is 9.64 Å². The molecule has 1 aromatic heterocycles. The molecule has 0 aliphatic carbocycles. The van der Waals surface area contributed by atoms with Crippen LogP contribution in [0.4, 0.5) is 4.79 Å². The molecule has 2 heterocycles. The molecular weight excluding hydrogens is 272 g/mol. The van der Waals surface area contributed by atoms with Crippen molar-refractivity contribution >= 4 is 27.6 Å². The van der Waals surface area contributed by atoms with E-state index in [0.29, 0.717) is 19.0 Å². The summed E-state index contributed by atoms with van der Waals surface area (Å²) in [7, 11) is 0. The fourth-order valence-electron chi connectivity index (χ4n) is 2.17. The molecule has 1 amide bonds.